The number of hydrogen-bond donors (Lipinski definition) is 1. The minimum Gasteiger partial charge on any atom is -0.464 e. The molecule has 1 amide bonds. The molecule has 0 unspecified atom stereocenters. The monoisotopic (exact) mass is 268 g/mol. The third-order valence-corrected chi connectivity index (χ3v) is 2.38. The Morgan fingerprint density at radius 2 is 1.95 bits per heavy atom. The SMILES string of the molecule is CCOc1nc(N)nc(N(CC)CC(=O)N(C)C)n1. The van der Waals surface area contributed by atoms with Crippen molar-refractivity contribution in [3.63, 3.8) is 0 Å². The van der Waals surface area contributed by atoms with E-state index in [1.54, 1.807) is 19.0 Å². The van der Waals surface area contributed by atoms with Crippen LogP contribution in [0.5, 0.6) is 6.01 Å². The fraction of sp³-hybridized carbons (Fsp3) is 0.636. The van der Waals surface area contributed by atoms with Gasteiger partial charge in [0.25, 0.3) is 0 Å². The maximum Gasteiger partial charge on any atom is 0.323 e. The summed E-state index contributed by atoms with van der Waals surface area (Å²) < 4.78 is 5.21. The number of amides is 1. The molecule has 0 aliphatic heterocycles. The van der Waals surface area contributed by atoms with Gasteiger partial charge >= 0.3 is 6.01 Å². The highest BCUT2D eigenvalue weighted by atomic mass is 16.5. The van der Waals surface area contributed by atoms with Crippen LogP contribution in [0.4, 0.5) is 11.9 Å². The zero-order valence-electron chi connectivity index (χ0n) is 11.8. The lowest BCUT2D eigenvalue weighted by molar-refractivity contribution is -0.127. The van der Waals surface area contributed by atoms with Crippen LogP contribution in [0.1, 0.15) is 13.8 Å². The molecule has 0 fully saturated rings. The van der Waals surface area contributed by atoms with Crippen molar-refractivity contribution < 1.29 is 9.53 Å². The zero-order valence-corrected chi connectivity index (χ0v) is 11.8. The molecule has 0 aromatic carbocycles. The van der Waals surface area contributed by atoms with E-state index in [1.165, 1.54) is 4.90 Å². The van der Waals surface area contributed by atoms with E-state index in [9.17, 15) is 4.79 Å². The highest BCUT2D eigenvalue weighted by molar-refractivity contribution is 5.80. The second-order valence-electron chi connectivity index (χ2n) is 4.01. The number of hydrogen-bond acceptors (Lipinski definition) is 7. The number of carbonyl (C=O) groups is 1. The average Bonchev–Trinajstić information content (AvgIpc) is 2.35. The first-order valence-electron chi connectivity index (χ1n) is 6.07. The van der Waals surface area contributed by atoms with Crippen LogP contribution in [0.15, 0.2) is 0 Å². The molecule has 1 heterocycles. The molecule has 8 heteroatoms. The number of likely N-dealkylation sites (N-methyl/N-ethyl adjacent to an activating group) is 2. The summed E-state index contributed by atoms with van der Waals surface area (Å²) in [5.74, 6) is 0.372. The van der Waals surface area contributed by atoms with Crippen LogP contribution in [-0.2, 0) is 4.79 Å². The van der Waals surface area contributed by atoms with Gasteiger partial charge in [-0.15, -0.1) is 0 Å². The van der Waals surface area contributed by atoms with E-state index in [2.05, 4.69) is 15.0 Å². The summed E-state index contributed by atoms with van der Waals surface area (Å²) in [5.41, 5.74) is 5.61. The maximum atomic E-state index is 11.7. The van der Waals surface area contributed by atoms with Gasteiger partial charge in [-0.25, -0.2) is 0 Å². The minimum absolute atomic E-state index is 0.0428. The van der Waals surface area contributed by atoms with Crippen molar-refractivity contribution in [1.29, 1.82) is 0 Å². The van der Waals surface area contributed by atoms with Crippen LogP contribution >= 0.6 is 0 Å². The predicted octanol–water partition coefficient (Wildman–Crippen LogP) is -0.233. The molecule has 0 atom stereocenters. The number of nitrogens with two attached hydrogens (primary N) is 1. The second kappa shape index (κ2) is 6.72. The van der Waals surface area contributed by atoms with Gasteiger partial charge in [0.15, 0.2) is 0 Å². The maximum absolute atomic E-state index is 11.7. The minimum atomic E-state index is -0.0428. The third-order valence-electron chi connectivity index (χ3n) is 2.38. The van der Waals surface area contributed by atoms with Gasteiger partial charge in [0.1, 0.15) is 0 Å². The van der Waals surface area contributed by atoms with E-state index in [1.807, 2.05) is 13.8 Å². The third kappa shape index (κ3) is 4.23. The molecule has 8 nitrogen and oxygen atoms in total. The van der Waals surface area contributed by atoms with Crippen molar-refractivity contribution in [2.75, 3.05) is 44.4 Å². The van der Waals surface area contributed by atoms with Crippen molar-refractivity contribution in [3.8, 4) is 6.01 Å². The van der Waals surface area contributed by atoms with Gasteiger partial charge in [-0.05, 0) is 13.8 Å². The van der Waals surface area contributed by atoms with Gasteiger partial charge in [-0.2, -0.15) is 15.0 Å². The smallest absolute Gasteiger partial charge is 0.323 e. The summed E-state index contributed by atoms with van der Waals surface area (Å²) in [6.45, 7) is 4.93. The molecule has 0 saturated carbocycles. The van der Waals surface area contributed by atoms with Crippen molar-refractivity contribution in [1.82, 2.24) is 19.9 Å². The van der Waals surface area contributed by atoms with E-state index < -0.39 is 0 Å². The lowest BCUT2D eigenvalue weighted by Gasteiger charge is -2.22. The Kier molecular flexibility index (Phi) is 5.28. The van der Waals surface area contributed by atoms with Crippen molar-refractivity contribution in [2.45, 2.75) is 13.8 Å². The van der Waals surface area contributed by atoms with Crippen LogP contribution in [0.2, 0.25) is 0 Å². The van der Waals surface area contributed by atoms with Crippen LogP contribution in [0.25, 0.3) is 0 Å². The molecule has 0 saturated heterocycles. The number of anilines is 2. The molecule has 2 N–H and O–H groups in total. The van der Waals surface area contributed by atoms with Crippen molar-refractivity contribution in [2.24, 2.45) is 0 Å². The Labute approximate surface area is 112 Å². The Morgan fingerprint density at radius 1 is 1.26 bits per heavy atom. The molecule has 0 spiro atoms. The van der Waals surface area contributed by atoms with Gasteiger partial charge in [0, 0.05) is 20.6 Å². The molecule has 1 aromatic heterocycles. The fourth-order valence-corrected chi connectivity index (χ4v) is 1.32. The van der Waals surface area contributed by atoms with E-state index in [-0.39, 0.29) is 24.4 Å². The number of nitrogens with zero attached hydrogens (tertiary/aromatic N) is 5. The number of aromatic nitrogens is 3. The van der Waals surface area contributed by atoms with Crippen molar-refractivity contribution >= 4 is 17.8 Å². The van der Waals surface area contributed by atoms with Gasteiger partial charge in [0.2, 0.25) is 17.8 Å². The predicted molar refractivity (Wildman–Crippen MR) is 72.0 cm³/mol. The Morgan fingerprint density at radius 3 is 2.47 bits per heavy atom. The van der Waals surface area contributed by atoms with Crippen LogP contribution in [0.3, 0.4) is 0 Å². The molecule has 0 aliphatic rings. The lowest BCUT2D eigenvalue weighted by atomic mass is 10.4. The summed E-state index contributed by atoms with van der Waals surface area (Å²) in [4.78, 5) is 27.0. The normalized spacial score (nSPS) is 10.1. The van der Waals surface area contributed by atoms with Gasteiger partial charge in [-0.1, -0.05) is 0 Å². The van der Waals surface area contributed by atoms with Crippen LogP contribution in [0, 0.1) is 0 Å². The molecule has 1 rings (SSSR count). The fourth-order valence-electron chi connectivity index (χ4n) is 1.32. The quantitative estimate of drug-likeness (QED) is 0.760. The summed E-state index contributed by atoms with van der Waals surface area (Å²) >= 11 is 0. The molecule has 0 bridgehead atoms. The number of carbonyl (C=O) groups excluding carboxylic acids is 1. The molecule has 19 heavy (non-hydrogen) atoms. The molecular formula is C11H20N6O2. The van der Waals surface area contributed by atoms with E-state index in [4.69, 9.17) is 10.5 Å². The standard InChI is InChI=1S/C11H20N6O2/c1-5-17(7-8(18)16(3)4)10-13-9(12)14-11(15-10)19-6-2/h5-7H2,1-4H3,(H2,12,13,14,15). The summed E-state index contributed by atoms with van der Waals surface area (Å²) in [6.07, 6.45) is 0. The molecule has 0 aliphatic carbocycles. The second-order valence-corrected chi connectivity index (χ2v) is 4.01. The van der Waals surface area contributed by atoms with Crippen LogP contribution < -0.4 is 15.4 Å². The van der Waals surface area contributed by atoms with E-state index >= 15 is 0 Å². The van der Waals surface area contributed by atoms with Gasteiger partial charge in [-0.3, -0.25) is 4.79 Å². The number of ether oxygens (including phenoxy) is 1. The molecular weight excluding hydrogens is 248 g/mol. The topological polar surface area (TPSA) is 97.5 Å². The molecule has 1 aromatic rings. The van der Waals surface area contributed by atoms with Gasteiger partial charge < -0.3 is 20.3 Å². The van der Waals surface area contributed by atoms with E-state index in [0.717, 1.165) is 0 Å². The zero-order chi connectivity index (χ0) is 14.4. The van der Waals surface area contributed by atoms with E-state index in [0.29, 0.717) is 19.1 Å². The van der Waals surface area contributed by atoms with Crippen LogP contribution in [-0.4, -0.2) is 59.6 Å². The Bertz CT molecular complexity index is 437. The number of rotatable bonds is 6. The lowest BCUT2D eigenvalue weighted by Crippen LogP contribution is -2.37. The highest BCUT2D eigenvalue weighted by Crippen LogP contribution is 2.13. The summed E-state index contributed by atoms with van der Waals surface area (Å²) in [6, 6.07) is 0.167. The van der Waals surface area contributed by atoms with Crippen molar-refractivity contribution in [3.05, 3.63) is 0 Å². The first-order chi connectivity index (χ1) is 8.97. The first kappa shape index (κ1) is 14.9. The number of nitrogen functional groups attached to an aromatic ring is 1. The average molecular weight is 268 g/mol. The summed E-state index contributed by atoms with van der Waals surface area (Å²) in [5, 5.41) is 0. The molecule has 0 radical (unpaired) electrons. The molecule has 106 valence electrons. The Balaban J connectivity index is 2.94. The summed E-state index contributed by atoms with van der Waals surface area (Å²) in [7, 11) is 3.40. The van der Waals surface area contributed by atoms with Gasteiger partial charge in [0.05, 0.1) is 13.2 Å². The Hall–Kier alpha value is -2.12. The highest BCUT2D eigenvalue weighted by Gasteiger charge is 2.16. The first-order valence-corrected chi connectivity index (χ1v) is 6.07. The largest absolute Gasteiger partial charge is 0.464 e.